The normalized spacial score (nSPS) is 20.1. The zero-order chi connectivity index (χ0) is 31.3. The van der Waals surface area contributed by atoms with Crippen LogP contribution in [0.2, 0.25) is 0 Å². The number of piperidine rings is 1. The molecule has 7 rings (SSSR count). The summed E-state index contributed by atoms with van der Waals surface area (Å²) < 4.78 is 50.7. The van der Waals surface area contributed by atoms with Crippen LogP contribution in [0.3, 0.4) is 0 Å². The molecule has 3 saturated heterocycles. The van der Waals surface area contributed by atoms with E-state index in [2.05, 4.69) is 4.98 Å². The summed E-state index contributed by atoms with van der Waals surface area (Å²) in [5.74, 6) is 0.147. The lowest BCUT2D eigenvalue weighted by molar-refractivity contribution is -0.137. The van der Waals surface area contributed by atoms with E-state index in [1.54, 1.807) is 52.3 Å². The molecule has 230 valence electrons. The van der Waals surface area contributed by atoms with E-state index in [0.29, 0.717) is 73.4 Å². The summed E-state index contributed by atoms with van der Waals surface area (Å²) in [4.78, 5) is 36.4. The monoisotopic (exact) mass is 615 g/mol. The molecule has 2 amide bonds. The Morgan fingerprint density at radius 3 is 2.20 bits per heavy atom. The molecule has 3 aliphatic rings. The second kappa shape index (κ2) is 11.1. The second-order valence-corrected chi connectivity index (χ2v) is 11.6. The Labute approximate surface area is 256 Å². The lowest BCUT2D eigenvalue weighted by Gasteiger charge is -2.33. The van der Waals surface area contributed by atoms with Crippen LogP contribution in [-0.2, 0) is 6.18 Å². The molecule has 4 heterocycles. The summed E-state index contributed by atoms with van der Waals surface area (Å²) in [6, 6.07) is 18.8. The van der Waals surface area contributed by atoms with Crippen LogP contribution >= 0.6 is 0 Å². The standard InChI is InChI=1S/C33H28F3N5O4/c34-33(35,36)22-5-7-23(8-6-22)39-13-11-26(12-14-39)44-27-9-10-28-29(16-27)45-30(38-28)32(43)41-19-24-15-25(41)18-40(24)31(42)21-3-1-20(17-37)2-4-21/h1-10,16,24-26H,11-15,18-19H2. The number of hydrogen-bond acceptors (Lipinski definition) is 7. The number of oxazole rings is 1. The number of rotatable bonds is 5. The molecule has 0 saturated carbocycles. The third kappa shape index (κ3) is 5.54. The predicted molar refractivity (Wildman–Crippen MR) is 157 cm³/mol. The fourth-order valence-electron chi connectivity index (χ4n) is 6.50. The summed E-state index contributed by atoms with van der Waals surface area (Å²) in [6.07, 6.45) is -2.36. The molecule has 2 unspecified atom stereocenters. The molecular formula is C33H28F3N5O4. The van der Waals surface area contributed by atoms with Gasteiger partial charge in [0, 0.05) is 56.3 Å². The fraction of sp³-hybridized carbons (Fsp3) is 0.333. The number of fused-ring (bicyclic) bond motifs is 3. The van der Waals surface area contributed by atoms with Crippen LogP contribution in [0.4, 0.5) is 18.9 Å². The fourth-order valence-corrected chi connectivity index (χ4v) is 6.50. The van der Waals surface area contributed by atoms with Gasteiger partial charge in [0.05, 0.1) is 29.3 Å². The van der Waals surface area contributed by atoms with Gasteiger partial charge in [-0.3, -0.25) is 9.59 Å². The van der Waals surface area contributed by atoms with Crippen molar-refractivity contribution in [1.82, 2.24) is 14.8 Å². The van der Waals surface area contributed by atoms with Crippen molar-refractivity contribution < 1.29 is 31.9 Å². The minimum absolute atomic E-state index is 0.00971. The Morgan fingerprint density at radius 2 is 1.58 bits per heavy atom. The van der Waals surface area contributed by atoms with Gasteiger partial charge in [0.15, 0.2) is 5.58 Å². The molecular weight excluding hydrogens is 587 g/mol. The highest BCUT2D eigenvalue weighted by Crippen LogP contribution is 2.34. The lowest BCUT2D eigenvalue weighted by Crippen LogP contribution is -2.50. The zero-order valence-corrected chi connectivity index (χ0v) is 24.0. The molecule has 12 heteroatoms. The molecule has 4 aromatic rings. The summed E-state index contributed by atoms with van der Waals surface area (Å²) >= 11 is 0. The number of benzene rings is 3. The van der Waals surface area contributed by atoms with E-state index < -0.39 is 11.7 Å². The van der Waals surface area contributed by atoms with Crippen LogP contribution in [0.25, 0.3) is 11.1 Å². The quantitative estimate of drug-likeness (QED) is 0.292. The number of ether oxygens (including phenoxy) is 1. The van der Waals surface area contributed by atoms with E-state index in [9.17, 15) is 22.8 Å². The molecule has 0 spiro atoms. The summed E-state index contributed by atoms with van der Waals surface area (Å²) in [6.45, 7) is 2.11. The van der Waals surface area contributed by atoms with Crippen LogP contribution in [0.1, 0.15) is 51.4 Å². The Hall–Kier alpha value is -5.05. The summed E-state index contributed by atoms with van der Waals surface area (Å²) in [5.41, 5.74) is 2.05. The molecule has 1 aromatic heterocycles. The lowest BCUT2D eigenvalue weighted by atomic mass is 10.1. The van der Waals surface area contributed by atoms with E-state index in [4.69, 9.17) is 14.4 Å². The number of carbonyl (C=O) groups excluding carboxylic acids is 2. The highest BCUT2D eigenvalue weighted by Gasteiger charge is 2.48. The van der Waals surface area contributed by atoms with Gasteiger partial charge in [-0.25, -0.2) is 4.98 Å². The van der Waals surface area contributed by atoms with E-state index in [1.807, 2.05) is 11.0 Å². The van der Waals surface area contributed by atoms with Crippen LogP contribution in [0, 0.1) is 11.3 Å². The van der Waals surface area contributed by atoms with Crippen LogP contribution in [-0.4, -0.2) is 71.0 Å². The molecule has 2 atom stereocenters. The van der Waals surface area contributed by atoms with Gasteiger partial charge >= 0.3 is 12.1 Å². The minimum atomic E-state index is -4.36. The number of aromatic nitrogens is 1. The number of halogens is 3. The molecule has 3 aliphatic heterocycles. The molecule has 0 N–H and O–H groups in total. The molecule has 9 nitrogen and oxygen atoms in total. The molecule has 0 radical (unpaired) electrons. The van der Waals surface area contributed by atoms with Gasteiger partial charge < -0.3 is 23.9 Å². The third-order valence-corrected chi connectivity index (χ3v) is 8.87. The van der Waals surface area contributed by atoms with Gasteiger partial charge in [0.25, 0.3) is 11.8 Å². The summed E-state index contributed by atoms with van der Waals surface area (Å²) in [5, 5.41) is 9.00. The largest absolute Gasteiger partial charge is 0.490 e. The first-order valence-electron chi connectivity index (χ1n) is 14.8. The third-order valence-electron chi connectivity index (χ3n) is 8.87. The van der Waals surface area contributed by atoms with Crippen molar-refractivity contribution in [3.8, 4) is 11.8 Å². The number of alkyl halides is 3. The average molecular weight is 616 g/mol. The van der Waals surface area contributed by atoms with Crippen molar-refractivity contribution in [2.45, 2.75) is 43.6 Å². The first-order chi connectivity index (χ1) is 21.7. The number of hydrogen-bond donors (Lipinski definition) is 0. The number of likely N-dealkylation sites (tertiary alicyclic amines) is 2. The first-order valence-corrected chi connectivity index (χ1v) is 14.8. The molecule has 0 aliphatic carbocycles. The minimum Gasteiger partial charge on any atom is -0.490 e. The maximum absolute atomic E-state index is 13.4. The van der Waals surface area contributed by atoms with Crippen molar-refractivity contribution in [2.75, 3.05) is 31.1 Å². The van der Waals surface area contributed by atoms with E-state index >= 15 is 0 Å². The molecule has 2 bridgehead atoms. The Kier molecular flexibility index (Phi) is 7.11. The predicted octanol–water partition coefficient (Wildman–Crippen LogP) is 5.51. The van der Waals surface area contributed by atoms with Gasteiger partial charge in [-0.15, -0.1) is 0 Å². The van der Waals surface area contributed by atoms with Crippen molar-refractivity contribution in [3.05, 3.63) is 89.3 Å². The van der Waals surface area contributed by atoms with Gasteiger partial charge in [0.2, 0.25) is 0 Å². The van der Waals surface area contributed by atoms with Crippen LogP contribution < -0.4 is 9.64 Å². The second-order valence-electron chi connectivity index (χ2n) is 11.6. The SMILES string of the molecule is N#Cc1ccc(C(=O)N2CC3CC2CN3C(=O)c2nc3ccc(OC4CCN(c5ccc(C(F)(F)F)cc5)CC4)cc3o2)cc1. The average Bonchev–Trinajstić information content (AvgIpc) is 3.79. The number of anilines is 1. The number of nitriles is 1. The van der Waals surface area contributed by atoms with Crippen molar-refractivity contribution in [3.63, 3.8) is 0 Å². The highest BCUT2D eigenvalue weighted by atomic mass is 19.4. The number of amides is 2. The topological polar surface area (TPSA) is 103 Å². The van der Waals surface area contributed by atoms with Crippen molar-refractivity contribution >= 4 is 28.6 Å². The van der Waals surface area contributed by atoms with Gasteiger partial charge in [-0.1, -0.05) is 0 Å². The smallest absolute Gasteiger partial charge is 0.416 e. The Morgan fingerprint density at radius 1 is 0.911 bits per heavy atom. The Balaban J connectivity index is 0.950. The zero-order valence-electron chi connectivity index (χ0n) is 24.0. The highest BCUT2D eigenvalue weighted by molar-refractivity contribution is 5.96. The Bertz CT molecular complexity index is 1790. The van der Waals surface area contributed by atoms with Gasteiger partial charge in [-0.2, -0.15) is 18.4 Å². The molecule has 3 aromatic carbocycles. The van der Waals surface area contributed by atoms with Gasteiger partial charge in [0.1, 0.15) is 17.4 Å². The van der Waals surface area contributed by atoms with E-state index in [1.165, 1.54) is 12.1 Å². The van der Waals surface area contributed by atoms with E-state index in [0.717, 1.165) is 17.8 Å². The van der Waals surface area contributed by atoms with Crippen LogP contribution in [0.15, 0.2) is 71.1 Å². The van der Waals surface area contributed by atoms with Crippen molar-refractivity contribution in [2.24, 2.45) is 0 Å². The number of carbonyl (C=O) groups is 2. The molecule has 45 heavy (non-hydrogen) atoms. The van der Waals surface area contributed by atoms with Gasteiger partial charge in [-0.05, 0) is 67.1 Å². The maximum Gasteiger partial charge on any atom is 0.416 e. The maximum atomic E-state index is 13.4. The number of nitrogens with zero attached hydrogens (tertiary/aromatic N) is 5. The molecule has 3 fully saturated rings. The van der Waals surface area contributed by atoms with Crippen LogP contribution in [0.5, 0.6) is 5.75 Å². The van der Waals surface area contributed by atoms with E-state index in [-0.39, 0.29) is 35.9 Å². The number of piperazine rings is 1. The summed E-state index contributed by atoms with van der Waals surface area (Å²) in [7, 11) is 0. The van der Waals surface area contributed by atoms with Crippen molar-refractivity contribution in [1.29, 1.82) is 5.26 Å². The first kappa shape index (κ1) is 28.7.